The standard InChI is InChI=1S/C17H16FN5O/c1-23-16(17(24)22-14-4-2-13(18)3-5-14)15(11-21-23)20-10-12-6-8-19-9-7-12/h2-9,11,20H,10H2,1H3,(H,22,24). The van der Waals surface area contributed by atoms with Gasteiger partial charge in [0.05, 0.1) is 11.9 Å². The number of hydrogen-bond donors (Lipinski definition) is 2. The van der Waals surface area contributed by atoms with Crippen molar-refractivity contribution in [2.45, 2.75) is 6.54 Å². The number of aromatic nitrogens is 3. The zero-order chi connectivity index (χ0) is 16.9. The lowest BCUT2D eigenvalue weighted by Gasteiger charge is -2.09. The second kappa shape index (κ2) is 6.91. The number of carbonyl (C=O) groups is 1. The number of anilines is 2. The van der Waals surface area contributed by atoms with E-state index in [0.29, 0.717) is 23.6 Å². The Labute approximate surface area is 138 Å². The van der Waals surface area contributed by atoms with Crippen molar-refractivity contribution in [2.75, 3.05) is 10.6 Å². The van der Waals surface area contributed by atoms with E-state index in [0.717, 1.165) is 5.56 Å². The van der Waals surface area contributed by atoms with Gasteiger partial charge >= 0.3 is 0 Å². The maximum absolute atomic E-state index is 12.9. The molecule has 122 valence electrons. The summed E-state index contributed by atoms with van der Waals surface area (Å²) in [6.07, 6.45) is 5.02. The molecule has 0 aliphatic carbocycles. The molecule has 2 aromatic heterocycles. The van der Waals surface area contributed by atoms with E-state index in [1.54, 1.807) is 25.6 Å². The SMILES string of the molecule is Cn1ncc(NCc2ccncc2)c1C(=O)Nc1ccc(F)cc1. The molecular formula is C17H16FN5O. The molecule has 0 unspecified atom stereocenters. The summed E-state index contributed by atoms with van der Waals surface area (Å²) in [7, 11) is 1.69. The van der Waals surface area contributed by atoms with Crippen molar-refractivity contribution in [2.24, 2.45) is 7.05 Å². The lowest BCUT2D eigenvalue weighted by Crippen LogP contribution is -2.18. The van der Waals surface area contributed by atoms with Gasteiger partial charge in [0.2, 0.25) is 0 Å². The van der Waals surface area contributed by atoms with Crippen LogP contribution in [-0.4, -0.2) is 20.7 Å². The molecule has 1 aromatic carbocycles. The number of aryl methyl sites for hydroxylation is 1. The summed E-state index contributed by atoms with van der Waals surface area (Å²) < 4.78 is 14.4. The Morgan fingerprint density at radius 3 is 2.58 bits per heavy atom. The van der Waals surface area contributed by atoms with Gasteiger partial charge in [-0.2, -0.15) is 5.10 Å². The van der Waals surface area contributed by atoms with E-state index in [-0.39, 0.29) is 11.7 Å². The summed E-state index contributed by atoms with van der Waals surface area (Å²) in [4.78, 5) is 16.5. The Hall–Kier alpha value is -3.22. The Bertz CT molecular complexity index is 830. The second-order valence-corrected chi connectivity index (χ2v) is 5.20. The first-order valence-corrected chi connectivity index (χ1v) is 7.35. The number of nitrogens with zero attached hydrogens (tertiary/aromatic N) is 3. The molecule has 0 atom stereocenters. The van der Waals surface area contributed by atoms with E-state index in [4.69, 9.17) is 0 Å². The molecule has 0 fully saturated rings. The first-order valence-electron chi connectivity index (χ1n) is 7.35. The largest absolute Gasteiger partial charge is 0.378 e. The van der Waals surface area contributed by atoms with Gasteiger partial charge in [-0.15, -0.1) is 0 Å². The predicted octanol–water partition coefficient (Wildman–Crippen LogP) is 2.82. The summed E-state index contributed by atoms with van der Waals surface area (Å²) >= 11 is 0. The molecule has 0 saturated heterocycles. The van der Waals surface area contributed by atoms with Gasteiger partial charge in [0.25, 0.3) is 5.91 Å². The molecular weight excluding hydrogens is 309 g/mol. The monoisotopic (exact) mass is 325 g/mol. The van der Waals surface area contributed by atoms with Crippen LogP contribution in [0.2, 0.25) is 0 Å². The van der Waals surface area contributed by atoms with Crippen LogP contribution in [-0.2, 0) is 13.6 Å². The molecule has 3 rings (SSSR count). The summed E-state index contributed by atoms with van der Waals surface area (Å²) in [5.74, 6) is -0.674. The first-order chi connectivity index (χ1) is 11.6. The second-order valence-electron chi connectivity index (χ2n) is 5.20. The fourth-order valence-corrected chi connectivity index (χ4v) is 2.26. The van der Waals surface area contributed by atoms with Crippen LogP contribution >= 0.6 is 0 Å². The fraction of sp³-hybridized carbons (Fsp3) is 0.118. The Kier molecular flexibility index (Phi) is 4.51. The first kappa shape index (κ1) is 15.7. The molecule has 3 aromatic rings. The van der Waals surface area contributed by atoms with Crippen molar-refractivity contribution in [3.8, 4) is 0 Å². The van der Waals surface area contributed by atoms with Gasteiger partial charge < -0.3 is 10.6 Å². The zero-order valence-electron chi connectivity index (χ0n) is 13.0. The molecule has 2 N–H and O–H groups in total. The summed E-state index contributed by atoms with van der Waals surface area (Å²) in [6, 6.07) is 9.38. The minimum atomic E-state index is -0.353. The predicted molar refractivity (Wildman–Crippen MR) is 89.1 cm³/mol. The van der Waals surface area contributed by atoms with E-state index in [2.05, 4.69) is 20.7 Å². The van der Waals surface area contributed by atoms with Gasteiger partial charge in [0.1, 0.15) is 11.5 Å². The minimum Gasteiger partial charge on any atom is -0.378 e. The van der Waals surface area contributed by atoms with Crippen LogP contribution in [0.3, 0.4) is 0 Å². The lowest BCUT2D eigenvalue weighted by molar-refractivity contribution is 0.101. The van der Waals surface area contributed by atoms with Gasteiger partial charge in [-0.3, -0.25) is 14.5 Å². The number of rotatable bonds is 5. The molecule has 0 bridgehead atoms. The highest BCUT2D eigenvalue weighted by atomic mass is 19.1. The fourth-order valence-electron chi connectivity index (χ4n) is 2.26. The van der Waals surface area contributed by atoms with Crippen molar-refractivity contribution < 1.29 is 9.18 Å². The van der Waals surface area contributed by atoms with Gasteiger partial charge in [0, 0.05) is 31.7 Å². The van der Waals surface area contributed by atoms with E-state index >= 15 is 0 Å². The van der Waals surface area contributed by atoms with Crippen LogP contribution in [0.1, 0.15) is 16.1 Å². The van der Waals surface area contributed by atoms with Crippen molar-refractivity contribution in [3.05, 3.63) is 72.1 Å². The van der Waals surface area contributed by atoms with Crippen molar-refractivity contribution in [1.82, 2.24) is 14.8 Å². The van der Waals surface area contributed by atoms with Gasteiger partial charge in [-0.25, -0.2) is 4.39 Å². The molecule has 24 heavy (non-hydrogen) atoms. The normalized spacial score (nSPS) is 10.4. The zero-order valence-corrected chi connectivity index (χ0v) is 13.0. The van der Waals surface area contributed by atoms with Crippen LogP contribution in [0.5, 0.6) is 0 Å². The summed E-state index contributed by atoms with van der Waals surface area (Å²) in [5, 5.41) is 10.1. The topological polar surface area (TPSA) is 71.8 Å². The third-order valence-electron chi connectivity index (χ3n) is 3.49. The molecule has 0 aliphatic rings. The quantitative estimate of drug-likeness (QED) is 0.757. The average Bonchev–Trinajstić information content (AvgIpc) is 2.97. The van der Waals surface area contributed by atoms with Crippen LogP contribution in [0, 0.1) is 5.82 Å². The highest BCUT2D eigenvalue weighted by Crippen LogP contribution is 2.18. The highest BCUT2D eigenvalue weighted by Gasteiger charge is 2.17. The Balaban J connectivity index is 1.74. The lowest BCUT2D eigenvalue weighted by atomic mass is 10.2. The number of halogens is 1. The molecule has 0 aliphatic heterocycles. The smallest absolute Gasteiger partial charge is 0.276 e. The number of benzene rings is 1. The molecule has 1 amide bonds. The average molecular weight is 325 g/mol. The van der Waals surface area contributed by atoms with Gasteiger partial charge in [-0.05, 0) is 42.0 Å². The third kappa shape index (κ3) is 3.57. The van der Waals surface area contributed by atoms with E-state index in [1.165, 1.54) is 28.9 Å². The van der Waals surface area contributed by atoms with Crippen molar-refractivity contribution >= 4 is 17.3 Å². The summed E-state index contributed by atoms with van der Waals surface area (Å²) in [6.45, 7) is 0.547. The maximum atomic E-state index is 12.9. The molecule has 6 nitrogen and oxygen atoms in total. The number of amides is 1. The Morgan fingerprint density at radius 1 is 1.17 bits per heavy atom. The van der Waals surface area contributed by atoms with Gasteiger partial charge in [0.15, 0.2) is 0 Å². The molecule has 7 heteroatoms. The molecule has 0 saturated carbocycles. The van der Waals surface area contributed by atoms with Crippen molar-refractivity contribution in [3.63, 3.8) is 0 Å². The van der Waals surface area contributed by atoms with E-state index in [1.807, 2.05) is 12.1 Å². The molecule has 2 heterocycles. The summed E-state index contributed by atoms with van der Waals surface area (Å²) in [5.41, 5.74) is 2.57. The van der Waals surface area contributed by atoms with Gasteiger partial charge in [-0.1, -0.05) is 0 Å². The maximum Gasteiger partial charge on any atom is 0.276 e. The third-order valence-corrected chi connectivity index (χ3v) is 3.49. The van der Waals surface area contributed by atoms with Crippen LogP contribution in [0.25, 0.3) is 0 Å². The Morgan fingerprint density at radius 2 is 1.88 bits per heavy atom. The van der Waals surface area contributed by atoms with Crippen molar-refractivity contribution in [1.29, 1.82) is 0 Å². The van der Waals surface area contributed by atoms with E-state index < -0.39 is 0 Å². The van der Waals surface area contributed by atoms with Crippen LogP contribution in [0.15, 0.2) is 55.0 Å². The van der Waals surface area contributed by atoms with Crippen LogP contribution < -0.4 is 10.6 Å². The number of carbonyl (C=O) groups excluding carboxylic acids is 1. The number of hydrogen-bond acceptors (Lipinski definition) is 4. The number of pyridine rings is 1. The highest BCUT2D eigenvalue weighted by molar-refractivity contribution is 6.06. The van der Waals surface area contributed by atoms with E-state index in [9.17, 15) is 9.18 Å². The number of nitrogens with one attached hydrogen (secondary N) is 2. The minimum absolute atomic E-state index is 0.321. The molecule has 0 spiro atoms. The van der Waals surface area contributed by atoms with Crippen LogP contribution in [0.4, 0.5) is 15.8 Å². The molecule has 0 radical (unpaired) electrons.